The quantitative estimate of drug-likeness (QED) is 0.759. The Bertz CT molecular complexity index is 262. The lowest BCUT2D eigenvalue weighted by molar-refractivity contribution is 0.321. The molecule has 0 unspecified atom stereocenters. The van der Waals surface area contributed by atoms with Crippen LogP contribution in [-0.2, 0) is 15.6 Å². The highest BCUT2D eigenvalue weighted by Gasteiger charge is 1.99. The van der Waals surface area contributed by atoms with Gasteiger partial charge in [-0.15, -0.1) is 0 Å². The van der Waals surface area contributed by atoms with Gasteiger partial charge in [-0.25, -0.2) is 4.21 Å². The van der Waals surface area contributed by atoms with Gasteiger partial charge in [-0.2, -0.15) is 0 Å². The molecule has 0 fully saturated rings. The third-order valence-corrected chi connectivity index (χ3v) is 4.33. The average Bonchev–Trinajstić information content (AvgIpc) is 2.17. The lowest BCUT2D eigenvalue weighted by atomic mass is 10.2. The number of hydrogen-bond acceptors (Lipinski definition) is 3. The zero-order chi connectivity index (χ0) is 9.52. The molecule has 1 rings (SSSR count). The minimum absolute atomic E-state index is 0.00555. The van der Waals surface area contributed by atoms with Crippen LogP contribution < -0.4 is 0 Å². The van der Waals surface area contributed by atoms with Gasteiger partial charge in [0.1, 0.15) is 0 Å². The highest BCUT2D eigenvalue weighted by molar-refractivity contribution is 8.68. The van der Waals surface area contributed by atoms with Crippen LogP contribution in [0.25, 0.3) is 0 Å². The third kappa shape index (κ3) is 4.45. The molecule has 0 spiro atoms. The first-order chi connectivity index (χ1) is 6.33. The maximum absolute atomic E-state index is 11.1. The van der Waals surface area contributed by atoms with E-state index < -0.39 is 9.83 Å². The normalized spacial score (nSPS) is 12.7. The molecule has 0 saturated heterocycles. The molecule has 1 aromatic carbocycles. The van der Waals surface area contributed by atoms with Crippen LogP contribution in [0.1, 0.15) is 5.56 Å². The van der Waals surface area contributed by atoms with E-state index in [0.717, 1.165) is 5.75 Å². The number of benzene rings is 1. The van der Waals surface area contributed by atoms with Crippen molar-refractivity contribution >= 4 is 20.6 Å². The van der Waals surface area contributed by atoms with Gasteiger partial charge < -0.3 is 5.11 Å². The van der Waals surface area contributed by atoms with Gasteiger partial charge in [-0.1, -0.05) is 41.1 Å². The van der Waals surface area contributed by atoms with E-state index in [9.17, 15) is 4.21 Å². The van der Waals surface area contributed by atoms with E-state index in [4.69, 9.17) is 5.11 Å². The largest absolute Gasteiger partial charge is 0.395 e. The Morgan fingerprint density at radius 2 is 2.00 bits per heavy atom. The van der Waals surface area contributed by atoms with Crippen molar-refractivity contribution < 1.29 is 9.32 Å². The molecule has 1 atom stereocenters. The Hall–Kier alpha value is -0.320. The molecule has 13 heavy (non-hydrogen) atoms. The fourth-order valence-electron chi connectivity index (χ4n) is 0.841. The monoisotopic (exact) mass is 216 g/mol. The van der Waals surface area contributed by atoms with E-state index in [2.05, 4.69) is 0 Å². The summed E-state index contributed by atoms with van der Waals surface area (Å²) < 4.78 is 11.1. The second-order valence-electron chi connectivity index (χ2n) is 2.48. The summed E-state index contributed by atoms with van der Waals surface area (Å²) in [6.45, 7) is -0.00555. The Morgan fingerprint density at radius 1 is 1.31 bits per heavy atom. The van der Waals surface area contributed by atoms with E-state index in [1.807, 2.05) is 30.3 Å². The Labute approximate surface area is 84.2 Å². The number of hydrogen-bond donors (Lipinski definition) is 1. The van der Waals surface area contributed by atoms with Crippen molar-refractivity contribution in [3.63, 3.8) is 0 Å². The molecule has 0 heterocycles. The second-order valence-corrected chi connectivity index (χ2v) is 5.84. The van der Waals surface area contributed by atoms with Crippen LogP contribution in [0.3, 0.4) is 0 Å². The average molecular weight is 216 g/mol. The lowest BCUT2D eigenvalue weighted by Gasteiger charge is -1.99. The highest BCUT2D eigenvalue weighted by atomic mass is 33.1. The van der Waals surface area contributed by atoms with E-state index in [-0.39, 0.29) is 6.61 Å². The maximum atomic E-state index is 11.1. The minimum Gasteiger partial charge on any atom is -0.395 e. The van der Waals surface area contributed by atoms with E-state index in [0.29, 0.717) is 5.75 Å². The first kappa shape index (κ1) is 10.8. The summed E-state index contributed by atoms with van der Waals surface area (Å²) in [6.07, 6.45) is 0. The van der Waals surface area contributed by atoms with Gasteiger partial charge >= 0.3 is 0 Å². The molecule has 0 aliphatic rings. The molecular weight excluding hydrogens is 204 g/mol. The van der Waals surface area contributed by atoms with Gasteiger partial charge in [0.05, 0.1) is 22.2 Å². The number of aliphatic hydroxyl groups is 1. The Morgan fingerprint density at radius 3 is 2.62 bits per heavy atom. The van der Waals surface area contributed by atoms with Crippen molar-refractivity contribution in [1.29, 1.82) is 0 Å². The van der Waals surface area contributed by atoms with Crippen molar-refractivity contribution in [3.8, 4) is 0 Å². The zero-order valence-electron chi connectivity index (χ0n) is 7.18. The Balaban J connectivity index is 2.31. The van der Waals surface area contributed by atoms with Gasteiger partial charge in [0.25, 0.3) is 0 Å². The number of aliphatic hydroxyl groups excluding tert-OH is 1. The van der Waals surface area contributed by atoms with Gasteiger partial charge in [0.2, 0.25) is 0 Å². The zero-order valence-corrected chi connectivity index (χ0v) is 8.81. The lowest BCUT2D eigenvalue weighted by Crippen LogP contribution is -1.97. The molecule has 1 aromatic rings. The summed E-state index contributed by atoms with van der Waals surface area (Å²) in [5, 5.41) is 8.53. The smallest absolute Gasteiger partial charge is 0.0830 e. The summed E-state index contributed by atoms with van der Waals surface area (Å²) in [4.78, 5) is 0. The van der Waals surface area contributed by atoms with Gasteiger partial charge in [0.15, 0.2) is 0 Å². The first-order valence-corrected chi connectivity index (χ1v) is 6.81. The van der Waals surface area contributed by atoms with Crippen LogP contribution in [-0.4, -0.2) is 21.7 Å². The predicted octanol–water partition coefficient (Wildman–Crippen LogP) is 1.58. The SMILES string of the molecule is O=[S@](CCO)SCc1ccccc1. The van der Waals surface area contributed by atoms with E-state index >= 15 is 0 Å². The summed E-state index contributed by atoms with van der Waals surface area (Å²) in [6, 6.07) is 9.89. The summed E-state index contributed by atoms with van der Waals surface area (Å²) in [5.74, 6) is 1.10. The van der Waals surface area contributed by atoms with Gasteiger partial charge in [-0.3, -0.25) is 0 Å². The van der Waals surface area contributed by atoms with Crippen LogP contribution in [0.5, 0.6) is 0 Å². The van der Waals surface area contributed by atoms with Crippen molar-refractivity contribution in [1.82, 2.24) is 0 Å². The van der Waals surface area contributed by atoms with Crippen LogP contribution in [0, 0.1) is 0 Å². The molecule has 0 amide bonds. The van der Waals surface area contributed by atoms with Crippen molar-refractivity contribution in [2.45, 2.75) is 5.75 Å². The van der Waals surface area contributed by atoms with Crippen LogP contribution >= 0.6 is 10.8 Å². The van der Waals surface area contributed by atoms with E-state index in [1.165, 1.54) is 16.4 Å². The fourth-order valence-corrected chi connectivity index (χ4v) is 2.95. The maximum Gasteiger partial charge on any atom is 0.0830 e. The standard InChI is InChI=1S/C9H12O2S2/c10-6-7-13(11)12-8-9-4-2-1-3-5-9/h1-5,10H,6-8H2/t13-/m0/s1. The molecule has 2 nitrogen and oxygen atoms in total. The molecule has 0 radical (unpaired) electrons. The van der Waals surface area contributed by atoms with Crippen LogP contribution in [0.4, 0.5) is 0 Å². The minimum atomic E-state index is -0.954. The van der Waals surface area contributed by atoms with Crippen molar-refractivity contribution in [2.24, 2.45) is 0 Å². The van der Waals surface area contributed by atoms with E-state index in [1.54, 1.807) is 0 Å². The van der Waals surface area contributed by atoms with Crippen LogP contribution in [0.2, 0.25) is 0 Å². The number of rotatable bonds is 5. The fraction of sp³-hybridized carbons (Fsp3) is 0.333. The molecular formula is C9H12O2S2. The van der Waals surface area contributed by atoms with Gasteiger partial charge in [0, 0.05) is 5.75 Å². The molecule has 0 aliphatic heterocycles. The third-order valence-electron chi connectivity index (χ3n) is 1.46. The van der Waals surface area contributed by atoms with Gasteiger partial charge in [-0.05, 0) is 5.56 Å². The van der Waals surface area contributed by atoms with Crippen molar-refractivity contribution in [3.05, 3.63) is 35.9 Å². The molecule has 0 aromatic heterocycles. The topological polar surface area (TPSA) is 37.3 Å². The summed E-state index contributed by atoms with van der Waals surface area (Å²) in [5.41, 5.74) is 1.17. The summed E-state index contributed by atoms with van der Waals surface area (Å²) in [7, 11) is 0.412. The molecule has 4 heteroatoms. The Kier molecular flexibility index (Phi) is 5.12. The molecule has 72 valence electrons. The molecule has 0 saturated carbocycles. The molecule has 0 aliphatic carbocycles. The van der Waals surface area contributed by atoms with Crippen molar-refractivity contribution in [2.75, 3.05) is 12.4 Å². The van der Waals surface area contributed by atoms with Crippen LogP contribution in [0.15, 0.2) is 30.3 Å². The molecule has 1 N–H and O–H groups in total. The highest BCUT2D eigenvalue weighted by Crippen LogP contribution is 2.15. The first-order valence-electron chi connectivity index (χ1n) is 3.99. The summed E-state index contributed by atoms with van der Waals surface area (Å²) >= 11 is 0. The second kappa shape index (κ2) is 6.18. The molecule has 0 bridgehead atoms. The predicted molar refractivity (Wildman–Crippen MR) is 57.8 cm³/mol.